The van der Waals surface area contributed by atoms with Crippen LogP contribution >= 0.6 is 11.3 Å². The molecular weight excluding hydrogens is 432 g/mol. The van der Waals surface area contributed by atoms with E-state index in [1.165, 1.54) is 11.3 Å². The van der Waals surface area contributed by atoms with Gasteiger partial charge in [0.15, 0.2) is 0 Å². The number of carbonyl (C=O) groups is 1. The van der Waals surface area contributed by atoms with Crippen molar-refractivity contribution in [2.45, 2.75) is 43.1 Å². The van der Waals surface area contributed by atoms with Crippen LogP contribution in [0.3, 0.4) is 0 Å². The van der Waals surface area contributed by atoms with Crippen LogP contribution in [-0.4, -0.2) is 82.0 Å². The predicted octanol–water partition coefficient (Wildman–Crippen LogP) is -0.682. The first-order valence-corrected chi connectivity index (χ1v) is 11.6. The van der Waals surface area contributed by atoms with Gasteiger partial charge in [-0.2, -0.15) is 0 Å². The van der Waals surface area contributed by atoms with Crippen LogP contribution < -0.4 is 16.0 Å². The number of rotatable bonds is 4. The van der Waals surface area contributed by atoms with E-state index in [-0.39, 0.29) is 18.6 Å². The van der Waals surface area contributed by atoms with Crippen molar-refractivity contribution in [1.82, 2.24) is 20.9 Å². The topological polar surface area (TPSA) is 151 Å². The fourth-order valence-electron chi connectivity index (χ4n) is 4.47. The molecule has 170 valence electrons. The van der Waals surface area contributed by atoms with Crippen molar-refractivity contribution in [1.29, 1.82) is 0 Å². The molecule has 5 rings (SSSR count). The van der Waals surface area contributed by atoms with Gasteiger partial charge in [0, 0.05) is 19.1 Å². The van der Waals surface area contributed by atoms with E-state index in [1.807, 2.05) is 24.3 Å². The highest BCUT2D eigenvalue weighted by atomic mass is 32.1. The van der Waals surface area contributed by atoms with Crippen LogP contribution in [0.5, 0.6) is 0 Å². The summed E-state index contributed by atoms with van der Waals surface area (Å²) in [5, 5.41) is 40.0. The Kier molecular flexibility index (Phi) is 5.91. The predicted molar refractivity (Wildman–Crippen MR) is 121 cm³/mol. The lowest BCUT2D eigenvalue weighted by molar-refractivity contribution is -0.120. The number of guanidine groups is 1. The average molecular weight is 459 g/mol. The van der Waals surface area contributed by atoms with E-state index in [9.17, 15) is 20.1 Å². The molecule has 0 spiro atoms. The molecule has 2 saturated heterocycles. The van der Waals surface area contributed by atoms with Gasteiger partial charge in [0.05, 0.1) is 28.4 Å². The molecule has 1 saturated carbocycles. The van der Waals surface area contributed by atoms with Crippen LogP contribution in [0.2, 0.25) is 0 Å². The number of amidine groups is 1. The number of benzene rings is 1. The van der Waals surface area contributed by atoms with Crippen molar-refractivity contribution in [3.8, 4) is 0 Å². The number of carbonyl (C=O) groups excluding carboxylic acids is 1. The summed E-state index contributed by atoms with van der Waals surface area (Å²) in [6.45, 7) is 1.37. The molecule has 2 aromatic rings. The molecule has 1 amide bonds. The number of nitrogens with one attached hydrogen (secondary N) is 3. The standard InChI is InChI=1S/C21H26N6O4S/c28-9-10-7-13(17(30)16(10)29)24-18-15(20-25-12-3-1-2-4-14(12)32-20)19(31)27-21(26-18)23-11-5-6-22-8-11/h1-4,10-11,13,15-17,22,28-30H,5-9H2,(H2,23,24,26,27,31)/t10-,11?,13-,15?,16-,17+/m1/s1. The molecule has 3 heterocycles. The Hall–Kier alpha value is -2.44. The maximum atomic E-state index is 13.2. The van der Waals surface area contributed by atoms with Crippen LogP contribution in [-0.2, 0) is 4.79 Å². The maximum Gasteiger partial charge on any atom is 0.244 e. The second-order valence-corrected chi connectivity index (χ2v) is 9.49. The molecule has 1 aromatic carbocycles. The first-order chi connectivity index (χ1) is 15.5. The zero-order chi connectivity index (χ0) is 22.2. The van der Waals surface area contributed by atoms with Crippen LogP contribution in [0.1, 0.15) is 23.8 Å². The Balaban J connectivity index is 1.51. The third-order valence-corrected chi connectivity index (χ3v) is 7.34. The fourth-order valence-corrected chi connectivity index (χ4v) is 5.54. The minimum atomic E-state index is -1.12. The number of aliphatic imine (C=N–C) groups is 2. The Morgan fingerprint density at radius 1 is 1.16 bits per heavy atom. The zero-order valence-electron chi connectivity index (χ0n) is 17.3. The molecule has 1 aliphatic carbocycles. The summed E-state index contributed by atoms with van der Waals surface area (Å²) in [7, 11) is 0. The third kappa shape index (κ3) is 4.02. The molecular formula is C21H26N6O4S. The summed E-state index contributed by atoms with van der Waals surface area (Å²) in [4.78, 5) is 27.1. The van der Waals surface area contributed by atoms with E-state index >= 15 is 0 Å². The van der Waals surface area contributed by atoms with Crippen molar-refractivity contribution in [2.75, 3.05) is 19.7 Å². The summed E-state index contributed by atoms with van der Waals surface area (Å²) >= 11 is 1.42. The van der Waals surface area contributed by atoms with Gasteiger partial charge in [-0.15, -0.1) is 11.3 Å². The van der Waals surface area contributed by atoms with Crippen LogP contribution in [0.15, 0.2) is 34.3 Å². The van der Waals surface area contributed by atoms with Crippen molar-refractivity contribution in [3.63, 3.8) is 0 Å². The van der Waals surface area contributed by atoms with E-state index in [1.54, 1.807) is 0 Å². The molecule has 3 aliphatic rings. The number of amides is 1. The smallest absolute Gasteiger partial charge is 0.244 e. The number of thiazole rings is 1. The largest absolute Gasteiger partial charge is 0.396 e. The summed E-state index contributed by atoms with van der Waals surface area (Å²) < 4.78 is 0.961. The minimum Gasteiger partial charge on any atom is -0.396 e. The second kappa shape index (κ2) is 8.83. The van der Waals surface area contributed by atoms with Crippen molar-refractivity contribution in [3.05, 3.63) is 29.3 Å². The second-order valence-electron chi connectivity index (χ2n) is 8.43. The Labute approximate surface area is 188 Å². The van der Waals surface area contributed by atoms with Gasteiger partial charge >= 0.3 is 0 Å². The highest BCUT2D eigenvalue weighted by Crippen LogP contribution is 2.32. The molecule has 2 aliphatic heterocycles. The van der Waals surface area contributed by atoms with Crippen molar-refractivity contribution < 1.29 is 20.1 Å². The van der Waals surface area contributed by atoms with Gasteiger partial charge in [-0.25, -0.2) is 9.98 Å². The highest BCUT2D eigenvalue weighted by Gasteiger charge is 2.43. The SMILES string of the molecule is O=C1NC(=NC2CCNC2)NC(=N[C@@H]2C[C@H](CO)[C@@H](O)[C@H]2O)C1c1nc2ccccc2s1. The van der Waals surface area contributed by atoms with Gasteiger partial charge in [-0.05, 0) is 31.5 Å². The number of fused-ring (bicyclic) bond motifs is 1. The Morgan fingerprint density at radius 2 is 2.00 bits per heavy atom. The first kappa shape index (κ1) is 21.4. The molecule has 0 radical (unpaired) electrons. The fraction of sp³-hybridized carbons (Fsp3) is 0.524. The molecule has 3 fully saturated rings. The van der Waals surface area contributed by atoms with Crippen LogP contribution in [0.25, 0.3) is 10.2 Å². The monoisotopic (exact) mass is 458 g/mol. The first-order valence-electron chi connectivity index (χ1n) is 10.8. The molecule has 10 nitrogen and oxygen atoms in total. The summed E-state index contributed by atoms with van der Waals surface area (Å²) in [5.41, 5.74) is 0.799. The number of aliphatic hydroxyl groups excluding tert-OH is 3. The Morgan fingerprint density at radius 3 is 2.72 bits per heavy atom. The lowest BCUT2D eigenvalue weighted by atomic mass is 10.1. The summed E-state index contributed by atoms with van der Waals surface area (Å²) in [6, 6.07) is 7.06. The van der Waals surface area contributed by atoms with E-state index in [0.717, 1.165) is 29.7 Å². The normalized spacial score (nSPS) is 35.5. The van der Waals surface area contributed by atoms with E-state index < -0.39 is 30.1 Å². The number of hydrogen-bond donors (Lipinski definition) is 6. The van der Waals surface area contributed by atoms with Gasteiger partial charge in [-0.1, -0.05) is 12.1 Å². The molecule has 0 bridgehead atoms. The molecule has 6 N–H and O–H groups in total. The quantitative estimate of drug-likeness (QED) is 0.355. The molecule has 6 atom stereocenters. The molecule has 32 heavy (non-hydrogen) atoms. The minimum absolute atomic E-state index is 0.0516. The average Bonchev–Trinajstić information content (AvgIpc) is 3.49. The van der Waals surface area contributed by atoms with Gasteiger partial charge in [0.25, 0.3) is 0 Å². The number of aliphatic hydroxyl groups is 3. The number of aromatic nitrogens is 1. The summed E-state index contributed by atoms with van der Waals surface area (Å²) in [6.07, 6.45) is -0.996. The lowest BCUT2D eigenvalue weighted by Crippen LogP contribution is -2.56. The number of para-hydroxylation sites is 1. The van der Waals surface area contributed by atoms with Gasteiger partial charge in [0.2, 0.25) is 11.9 Å². The maximum absolute atomic E-state index is 13.2. The van der Waals surface area contributed by atoms with Gasteiger partial charge in [-0.3, -0.25) is 15.1 Å². The van der Waals surface area contributed by atoms with Gasteiger partial charge < -0.3 is 26.0 Å². The Bertz CT molecular complexity index is 1030. The third-order valence-electron chi connectivity index (χ3n) is 6.24. The van der Waals surface area contributed by atoms with Crippen LogP contribution in [0.4, 0.5) is 0 Å². The lowest BCUT2D eigenvalue weighted by Gasteiger charge is -2.27. The van der Waals surface area contributed by atoms with Gasteiger partial charge in [0.1, 0.15) is 22.9 Å². The highest BCUT2D eigenvalue weighted by molar-refractivity contribution is 7.18. The number of nitrogens with zero attached hydrogens (tertiary/aromatic N) is 3. The van der Waals surface area contributed by atoms with E-state index in [0.29, 0.717) is 23.2 Å². The molecule has 11 heteroatoms. The molecule has 1 aromatic heterocycles. The van der Waals surface area contributed by atoms with Crippen molar-refractivity contribution >= 4 is 39.3 Å². The number of hydrogen-bond acceptors (Lipinski definition) is 9. The molecule has 2 unspecified atom stereocenters. The zero-order valence-corrected chi connectivity index (χ0v) is 18.1. The van der Waals surface area contributed by atoms with Crippen molar-refractivity contribution in [2.24, 2.45) is 15.9 Å². The van der Waals surface area contributed by atoms with E-state index in [2.05, 4.69) is 30.9 Å². The van der Waals surface area contributed by atoms with E-state index in [4.69, 9.17) is 0 Å². The summed E-state index contributed by atoms with van der Waals surface area (Å²) in [5.74, 6) is -0.877. The van der Waals surface area contributed by atoms with Crippen LogP contribution in [0, 0.1) is 5.92 Å².